The lowest BCUT2D eigenvalue weighted by molar-refractivity contribution is 0.0516. The summed E-state index contributed by atoms with van der Waals surface area (Å²) in [6, 6.07) is 18.4. The third-order valence-corrected chi connectivity index (χ3v) is 5.79. The van der Waals surface area contributed by atoms with Crippen molar-refractivity contribution in [1.29, 1.82) is 0 Å². The topological polar surface area (TPSA) is 91.3 Å². The van der Waals surface area contributed by atoms with Crippen LogP contribution in [0.25, 0.3) is 33.9 Å². The highest BCUT2D eigenvalue weighted by molar-refractivity contribution is 14.1. The Morgan fingerprint density at radius 3 is 1.63 bits per heavy atom. The fourth-order valence-electron chi connectivity index (χ4n) is 3.43. The zero-order chi connectivity index (χ0) is 24.8. The molecule has 7 nitrogen and oxygen atoms in total. The summed E-state index contributed by atoms with van der Waals surface area (Å²) in [4.78, 5) is 38.2. The molecule has 0 fully saturated rings. The maximum absolute atomic E-state index is 12.3. The molecule has 0 spiro atoms. The number of carbonyl (C=O) groups excluding carboxylic acids is 2. The predicted molar refractivity (Wildman–Crippen MR) is 141 cm³/mol. The summed E-state index contributed by atoms with van der Waals surface area (Å²) in [5, 5.41) is 0. The highest BCUT2D eigenvalue weighted by Gasteiger charge is 2.15. The molecule has 0 radical (unpaired) electrons. The molecule has 3 aromatic heterocycles. The summed E-state index contributed by atoms with van der Waals surface area (Å²) < 4.78 is 11.4. The van der Waals surface area contributed by atoms with Gasteiger partial charge in [0.1, 0.15) is 0 Å². The lowest BCUT2D eigenvalue weighted by Gasteiger charge is -2.11. The summed E-state index contributed by atoms with van der Waals surface area (Å²) in [5.41, 5.74) is 4.82. The average Bonchev–Trinajstić information content (AvgIpc) is 2.89. The molecule has 1 aromatic carbocycles. The van der Waals surface area contributed by atoms with Crippen LogP contribution < -0.4 is 0 Å². The van der Waals surface area contributed by atoms with Gasteiger partial charge in [-0.05, 0) is 96.1 Å². The van der Waals surface area contributed by atoms with E-state index in [1.54, 1.807) is 50.5 Å². The van der Waals surface area contributed by atoms with E-state index in [4.69, 9.17) is 14.5 Å². The Kier molecular flexibility index (Phi) is 7.81. The number of carbonyl (C=O) groups is 2. The third-order valence-electron chi connectivity index (χ3n) is 5.07. The van der Waals surface area contributed by atoms with Gasteiger partial charge in [-0.1, -0.05) is 12.1 Å². The maximum atomic E-state index is 12.3. The Labute approximate surface area is 216 Å². The monoisotopic (exact) mass is 579 g/mol. The van der Waals surface area contributed by atoms with Crippen molar-refractivity contribution in [2.75, 3.05) is 13.2 Å². The molecular weight excluding hydrogens is 557 g/mol. The Morgan fingerprint density at radius 2 is 1.17 bits per heavy atom. The first kappa shape index (κ1) is 24.5. The maximum Gasteiger partial charge on any atom is 0.338 e. The minimum atomic E-state index is -0.422. The number of pyridine rings is 3. The largest absolute Gasteiger partial charge is 0.462 e. The highest BCUT2D eigenvalue weighted by atomic mass is 127. The molecule has 0 aliphatic rings. The summed E-state index contributed by atoms with van der Waals surface area (Å²) >= 11 is 2.26. The molecule has 8 heteroatoms. The number of ether oxygens (including phenoxy) is 2. The zero-order valence-corrected chi connectivity index (χ0v) is 21.4. The molecule has 0 unspecified atom stereocenters. The second-order valence-electron chi connectivity index (χ2n) is 7.43. The van der Waals surface area contributed by atoms with E-state index in [1.165, 1.54) is 0 Å². The Balaban J connectivity index is 1.85. The van der Waals surface area contributed by atoms with Gasteiger partial charge in [0.2, 0.25) is 0 Å². The van der Waals surface area contributed by atoms with E-state index in [0.717, 1.165) is 14.7 Å². The fraction of sp³-hybridized carbons (Fsp3) is 0.148. The van der Waals surface area contributed by atoms with Crippen LogP contribution in [0.4, 0.5) is 0 Å². The Bertz CT molecular complexity index is 1290. The molecule has 0 atom stereocenters. The smallest absolute Gasteiger partial charge is 0.338 e. The summed E-state index contributed by atoms with van der Waals surface area (Å²) in [6.45, 7) is 4.08. The summed E-state index contributed by atoms with van der Waals surface area (Å²) in [7, 11) is 0. The molecule has 35 heavy (non-hydrogen) atoms. The predicted octanol–water partition coefficient (Wildman–Crippen LogP) is 5.83. The van der Waals surface area contributed by atoms with E-state index < -0.39 is 11.9 Å². The second-order valence-corrected chi connectivity index (χ2v) is 8.68. The molecule has 3 heterocycles. The van der Waals surface area contributed by atoms with Crippen molar-refractivity contribution in [2.24, 2.45) is 0 Å². The van der Waals surface area contributed by atoms with Crippen LogP contribution in [0.3, 0.4) is 0 Å². The molecule has 0 amide bonds. The van der Waals surface area contributed by atoms with E-state index in [1.807, 2.05) is 36.4 Å². The first-order valence-electron chi connectivity index (χ1n) is 11.0. The van der Waals surface area contributed by atoms with Crippen LogP contribution in [0.5, 0.6) is 0 Å². The molecule has 4 aromatic rings. The fourth-order valence-corrected chi connectivity index (χ4v) is 3.79. The van der Waals surface area contributed by atoms with Crippen molar-refractivity contribution < 1.29 is 19.1 Å². The number of halogens is 1. The lowest BCUT2D eigenvalue weighted by Crippen LogP contribution is -2.06. The van der Waals surface area contributed by atoms with Gasteiger partial charge in [0.25, 0.3) is 0 Å². The van der Waals surface area contributed by atoms with E-state index in [2.05, 4.69) is 32.6 Å². The number of esters is 2. The van der Waals surface area contributed by atoms with Crippen LogP contribution in [0.1, 0.15) is 34.6 Å². The van der Waals surface area contributed by atoms with Crippen LogP contribution >= 0.6 is 22.6 Å². The summed E-state index contributed by atoms with van der Waals surface area (Å²) in [6.07, 6.45) is 3.11. The summed E-state index contributed by atoms with van der Waals surface area (Å²) in [5.74, 6) is -0.845. The number of aromatic nitrogens is 3. The number of hydrogen-bond acceptors (Lipinski definition) is 7. The third kappa shape index (κ3) is 5.89. The minimum Gasteiger partial charge on any atom is -0.462 e. The van der Waals surface area contributed by atoms with E-state index >= 15 is 0 Å². The normalized spacial score (nSPS) is 10.6. The zero-order valence-electron chi connectivity index (χ0n) is 19.2. The Hall–Kier alpha value is -3.66. The van der Waals surface area contributed by atoms with Crippen molar-refractivity contribution in [3.8, 4) is 33.9 Å². The van der Waals surface area contributed by atoms with Gasteiger partial charge in [0, 0.05) is 16.0 Å². The Morgan fingerprint density at radius 1 is 0.686 bits per heavy atom. The van der Waals surface area contributed by atoms with Crippen LogP contribution in [-0.2, 0) is 9.47 Å². The van der Waals surface area contributed by atoms with Gasteiger partial charge in [-0.2, -0.15) is 0 Å². The van der Waals surface area contributed by atoms with Crippen molar-refractivity contribution in [3.05, 3.63) is 87.8 Å². The van der Waals surface area contributed by atoms with Crippen LogP contribution in [0.2, 0.25) is 0 Å². The first-order valence-corrected chi connectivity index (χ1v) is 12.1. The van der Waals surface area contributed by atoms with Crippen molar-refractivity contribution >= 4 is 34.5 Å². The van der Waals surface area contributed by atoms with E-state index in [9.17, 15) is 9.59 Å². The number of hydrogen-bond donors (Lipinski definition) is 0. The lowest BCUT2D eigenvalue weighted by atomic mass is 10.0. The van der Waals surface area contributed by atoms with Crippen molar-refractivity contribution in [1.82, 2.24) is 15.0 Å². The molecule has 176 valence electrons. The highest BCUT2D eigenvalue weighted by Crippen LogP contribution is 2.30. The van der Waals surface area contributed by atoms with Gasteiger partial charge in [-0.15, -0.1) is 0 Å². The molecule has 0 N–H and O–H groups in total. The van der Waals surface area contributed by atoms with E-state index in [-0.39, 0.29) is 13.2 Å². The van der Waals surface area contributed by atoms with Crippen molar-refractivity contribution in [3.63, 3.8) is 0 Å². The average molecular weight is 579 g/mol. The minimum absolute atomic E-state index is 0.281. The number of benzene rings is 1. The first-order chi connectivity index (χ1) is 17.0. The van der Waals surface area contributed by atoms with Crippen LogP contribution in [0, 0.1) is 3.57 Å². The van der Waals surface area contributed by atoms with Gasteiger partial charge in [-0.3, -0.25) is 9.97 Å². The van der Waals surface area contributed by atoms with Gasteiger partial charge in [0.15, 0.2) is 0 Å². The standard InChI is InChI=1S/C27H22IN3O4/c1-3-34-26(32)18-9-11-29-22(13-18)24-15-20(17-5-7-21(28)8-6-17)16-25(31-24)23-14-19(10-12-30-23)27(33)35-4-2/h5-16H,3-4H2,1-2H3. The number of rotatable bonds is 7. The molecule has 0 saturated heterocycles. The van der Waals surface area contributed by atoms with Gasteiger partial charge < -0.3 is 9.47 Å². The number of nitrogens with zero attached hydrogens (tertiary/aromatic N) is 3. The second kappa shape index (κ2) is 11.2. The van der Waals surface area contributed by atoms with Gasteiger partial charge in [0.05, 0.1) is 47.1 Å². The van der Waals surface area contributed by atoms with Crippen molar-refractivity contribution in [2.45, 2.75) is 13.8 Å². The molecule has 0 bridgehead atoms. The van der Waals surface area contributed by atoms with E-state index in [0.29, 0.717) is 33.9 Å². The molecule has 0 aliphatic heterocycles. The van der Waals surface area contributed by atoms with Gasteiger partial charge in [-0.25, -0.2) is 14.6 Å². The molecule has 0 aliphatic carbocycles. The molecular formula is C27H22IN3O4. The van der Waals surface area contributed by atoms with Crippen LogP contribution in [-0.4, -0.2) is 40.1 Å². The quantitative estimate of drug-likeness (QED) is 0.201. The molecule has 0 saturated carbocycles. The van der Waals surface area contributed by atoms with Crippen LogP contribution in [0.15, 0.2) is 73.1 Å². The SMILES string of the molecule is CCOC(=O)c1ccnc(-c2cc(-c3ccc(I)cc3)cc(-c3cc(C(=O)OCC)ccn3)n2)c1. The molecule has 4 rings (SSSR count). The van der Waals surface area contributed by atoms with Gasteiger partial charge >= 0.3 is 11.9 Å².